The molecule has 0 radical (unpaired) electrons. The quantitative estimate of drug-likeness (QED) is 0.339. The smallest absolute Gasteiger partial charge is 0.337 e. The predicted octanol–water partition coefficient (Wildman–Crippen LogP) is 3.85. The lowest BCUT2D eigenvalue weighted by Gasteiger charge is -2.17. The van der Waals surface area contributed by atoms with Crippen LogP contribution in [0.15, 0.2) is 77.8 Å². The Kier molecular flexibility index (Phi) is 7.97. The van der Waals surface area contributed by atoms with E-state index in [1.165, 1.54) is 12.1 Å². The zero-order valence-corrected chi connectivity index (χ0v) is 18.7. The van der Waals surface area contributed by atoms with Gasteiger partial charge in [-0.15, -0.1) is 0 Å². The van der Waals surface area contributed by atoms with Crippen LogP contribution in [0.3, 0.4) is 0 Å². The first-order valence-corrected chi connectivity index (χ1v) is 11.6. The van der Waals surface area contributed by atoms with Crippen LogP contribution in [-0.2, 0) is 36.9 Å². The molecule has 168 valence electrons. The maximum absolute atomic E-state index is 12.7. The largest absolute Gasteiger partial charge is 0.487 e. The average Bonchev–Trinajstić information content (AvgIpc) is 2.79. The van der Waals surface area contributed by atoms with E-state index in [-0.39, 0.29) is 17.9 Å². The summed E-state index contributed by atoms with van der Waals surface area (Å²) in [5.41, 5.74) is 2.41. The van der Waals surface area contributed by atoms with Crippen LogP contribution in [0, 0.1) is 6.92 Å². The van der Waals surface area contributed by atoms with Gasteiger partial charge in [0.25, 0.3) is 10.1 Å². The summed E-state index contributed by atoms with van der Waals surface area (Å²) in [4.78, 5) is 16.6. The molecule has 1 aromatic heterocycles. The summed E-state index contributed by atoms with van der Waals surface area (Å²) in [6, 6.07) is 18.8. The summed E-state index contributed by atoms with van der Waals surface area (Å²) in [5.74, 6) is -0.112. The Bertz CT molecular complexity index is 1110. The Morgan fingerprint density at radius 1 is 1.00 bits per heavy atom. The Labute approximate surface area is 188 Å². The van der Waals surface area contributed by atoms with E-state index in [1.807, 2.05) is 25.1 Å². The van der Waals surface area contributed by atoms with Gasteiger partial charge in [-0.2, -0.15) is 8.42 Å². The molecule has 7 nitrogen and oxygen atoms in total. The molecule has 3 rings (SSSR count). The summed E-state index contributed by atoms with van der Waals surface area (Å²) in [6.45, 7) is 3.94. The van der Waals surface area contributed by atoms with E-state index in [0.717, 1.165) is 11.3 Å². The highest BCUT2D eigenvalue weighted by molar-refractivity contribution is 7.86. The van der Waals surface area contributed by atoms with Crippen molar-refractivity contribution in [2.45, 2.75) is 37.9 Å². The van der Waals surface area contributed by atoms with Crippen LogP contribution in [0.1, 0.15) is 23.7 Å². The van der Waals surface area contributed by atoms with Gasteiger partial charge in [-0.1, -0.05) is 35.9 Å². The van der Waals surface area contributed by atoms with Gasteiger partial charge in [-0.05, 0) is 55.8 Å². The van der Waals surface area contributed by atoms with Crippen molar-refractivity contribution in [2.75, 3.05) is 6.61 Å². The van der Waals surface area contributed by atoms with Crippen molar-refractivity contribution >= 4 is 16.1 Å². The van der Waals surface area contributed by atoms with Gasteiger partial charge in [0.05, 0.1) is 17.2 Å². The topological polar surface area (TPSA) is 91.8 Å². The highest BCUT2D eigenvalue weighted by Gasteiger charge is 2.29. The molecule has 0 amide bonds. The number of rotatable bonds is 10. The van der Waals surface area contributed by atoms with E-state index in [9.17, 15) is 13.2 Å². The van der Waals surface area contributed by atoms with Crippen molar-refractivity contribution in [1.29, 1.82) is 0 Å². The minimum atomic E-state index is -4.14. The van der Waals surface area contributed by atoms with Crippen molar-refractivity contribution in [3.05, 3.63) is 89.7 Å². The molecule has 3 aromatic rings. The summed E-state index contributed by atoms with van der Waals surface area (Å²) in [6.07, 6.45) is 0.424. The second kappa shape index (κ2) is 10.9. The van der Waals surface area contributed by atoms with Crippen molar-refractivity contribution in [1.82, 2.24) is 4.98 Å². The number of aryl methyl sites for hydroxylation is 1. The molecule has 0 saturated heterocycles. The number of esters is 1. The van der Waals surface area contributed by atoms with Crippen molar-refractivity contribution in [2.24, 2.45) is 0 Å². The minimum absolute atomic E-state index is 0.0179. The lowest BCUT2D eigenvalue weighted by atomic mass is 10.1. The number of carbonyl (C=O) groups is 1. The standard InChI is InChI=1S/C24H25NO6S/c1-3-29-24(26)23(31-32(27,28)22-13-7-18(2)8-14-22)16-19-9-11-21(12-10-19)30-17-20-6-4-5-15-25-20/h4-15,23H,3,16-17H2,1-2H3. The first-order valence-electron chi connectivity index (χ1n) is 10.2. The third-order valence-corrected chi connectivity index (χ3v) is 5.89. The average molecular weight is 456 g/mol. The molecule has 0 bridgehead atoms. The van der Waals surface area contributed by atoms with Gasteiger partial charge in [-0.3, -0.25) is 9.17 Å². The number of pyridine rings is 1. The highest BCUT2D eigenvalue weighted by Crippen LogP contribution is 2.20. The van der Waals surface area contributed by atoms with E-state index < -0.39 is 22.2 Å². The fraction of sp³-hybridized carbons (Fsp3) is 0.250. The van der Waals surface area contributed by atoms with Crippen LogP contribution in [0.4, 0.5) is 0 Å². The molecule has 1 atom stereocenters. The van der Waals surface area contributed by atoms with E-state index in [1.54, 1.807) is 49.5 Å². The Hall–Kier alpha value is -3.23. The van der Waals surface area contributed by atoms with Crippen molar-refractivity contribution in [3.8, 4) is 5.75 Å². The lowest BCUT2D eigenvalue weighted by molar-refractivity contribution is -0.151. The molecule has 32 heavy (non-hydrogen) atoms. The van der Waals surface area contributed by atoms with Crippen molar-refractivity contribution < 1.29 is 26.9 Å². The molecule has 1 heterocycles. The SMILES string of the molecule is CCOC(=O)C(Cc1ccc(OCc2ccccn2)cc1)OS(=O)(=O)c1ccc(C)cc1. The van der Waals surface area contributed by atoms with E-state index in [4.69, 9.17) is 13.7 Å². The lowest BCUT2D eigenvalue weighted by Crippen LogP contribution is -2.31. The molecular formula is C24H25NO6S. The summed E-state index contributed by atoms with van der Waals surface area (Å²) in [5, 5.41) is 0. The monoisotopic (exact) mass is 455 g/mol. The van der Waals surface area contributed by atoms with E-state index in [2.05, 4.69) is 4.98 Å². The summed E-state index contributed by atoms with van der Waals surface area (Å²) in [7, 11) is -4.14. The van der Waals surface area contributed by atoms with Gasteiger partial charge < -0.3 is 9.47 Å². The molecule has 0 spiro atoms. The van der Waals surface area contributed by atoms with Crippen LogP contribution >= 0.6 is 0 Å². The molecule has 1 unspecified atom stereocenters. The summed E-state index contributed by atoms with van der Waals surface area (Å²) >= 11 is 0. The minimum Gasteiger partial charge on any atom is -0.487 e. The maximum atomic E-state index is 12.7. The molecule has 0 aliphatic rings. The van der Waals surface area contributed by atoms with Crippen molar-refractivity contribution in [3.63, 3.8) is 0 Å². The molecule has 0 fully saturated rings. The number of hydrogen-bond donors (Lipinski definition) is 0. The Morgan fingerprint density at radius 2 is 1.72 bits per heavy atom. The van der Waals surface area contributed by atoms with Crippen LogP contribution in [0.2, 0.25) is 0 Å². The third kappa shape index (κ3) is 6.63. The molecular weight excluding hydrogens is 430 g/mol. The second-order valence-electron chi connectivity index (χ2n) is 7.06. The molecule has 0 aliphatic heterocycles. The molecule has 0 N–H and O–H groups in total. The molecule has 0 aliphatic carbocycles. The van der Waals surface area contributed by atoms with Gasteiger partial charge in [0, 0.05) is 12.6 Å². The van der Waals surface area contributed by atoms with Crippen LogP contribution in [-0.4, -0.2) is 32.1 Å². The Morgan fingerprint density at radius 3 is 2.34 bits per heavy atom. The second-order valence-corrected chi connectivity index (χ2v) is 8.63. The van der Waals surface area contributed by atoms with Gasteiger partial charge in [0.15, 0.2) is 6.10 Å². The highest BCUT2D eigenvalue weighted by atomic mass is 32.2. The first kappa shape index (κ1) is 23.4. The fourth-order valence-corrected chi connectivity index (χ4v) is 3.91. The zero-order valence-electron chi connectivity index (χ0n) is 17.9. The predicted molar refractivity (Wildman–Crippen MR) is 119 cm³/mol. The molecule has 2 aromatic carbocycles. The number of ether oxygens (including phenoxy) is 2. The molecule has 8 heteroatoms. The van der Waals surface area contributed by atoms with Crippen LogP contribution in [0.5, 0.6) is 5.75 Å². The van der Waals surface area contributed by atoms with Gasteiger partial charge in [0.2, 0.25) is 0 Å². The van der Waals surface area contributed by atoms with E-state index in [0.29, 0.717) is 17.9 Å². The summed E-state index contributed by atoms with van der Waals surface area (Å²) < 4.78 is 41.4. The van der Waals surface area contributed by atoms with Gasteiger partial charge in [-0.25, -0.2) is 4.79 Å². The fourth-order valence-electron chi connectivity index (χ4n) is 2.88. The third-order valence-electron chi connectivity index (χ3n) is 4.56. The van der Waals surface area contributed by atoms with Crippen LogP contribution < -0.4 is 4.74 Å². The number of carbonyl (C=O) groups excluding carboxylic acids is 1. The van der Waals surface area contributed by atoms with Gasteiger partial charge >= 0.3 is 5.97 Å². The first-order chi connectivity index (χ1) is 15.4. The Balaban J connectivity index is 1.69. The van der Waals surface area contributed by atoms with Gasteiger partial charge in [0.1, 0.15) is 12.4 Å². The normalized spacial score (nSPS) is 12.2. The van der Waals surface area contributed by atoms with E-state index >= 15 is 0 Å². The maximum Gasteiger partial charge on any atom is 0.337 e. The van der Waals surface area contributed by atoms with Crippen LogP contribution in [0.25, 0.3) is 0 Å². The number of hydrogen-bond acceptors (Lipinski definition) is 7. The number of benzene rings is 2. The molecule has 0 saturated carbocycles. The zero-order chi connectivity index (χ0) is 23.0. The number of nitrogens with zero attached hydrogens (tertiary/aromatic N) is 1. The number of aromatic nitrogens is 1.